The molecular weight excluding hydrogens is 236 g/mol. The van der Waals surface area contributed by atoms with Gasteiger partial charge in [-0.3, -0.25) is 0 Å². The van der Waals surface area contributed by atoms with Crippen LogP contribution >= 0.6 is 0 Å². The Morgan fingerprint density at radius 3 is 2.11 bits per heavy atom. The Labute approximate surface area is 114 Å². The van der Waals surface area contributed by atoms with Gasteiger partial charge in [0.15, 0.2) is 0 Å². The van der Waals surface area contributed by atoms with Crippen LogP contribution in [-0.4, -0.2) is 13.7 Å². The fraction of sp³-hybridized carbons (Fsp3) is 0.250. The number of hydrogen-bond donors (Lipinski definition) is 2. The van der Waals surface area contributed by atoms with Crippen molar-refractivity contribution in [3.05, 3.63) is 54.1 Å². The zero-order chi connectivity index (χ0) is 13.5. The van der Waals surface area contributed by atoms with Crippen molar-refractivity contribution in [3.63, 3.8) is 0 Å². The molecule has 0 bridgehead atoms. The third-order valence-corrected chi connectivity index (χ3v) is 2.90. The lowest BCUT2D eigenvalue weighted by Gasteiger charge is -2.09. The van der Waals surface area contributed by atoms with Crippen molar-refractivity contribution in [1.29, 1.82) is 0 Å². The second-order valence-corrected chi connectivity index (χ2v) is 4.26. The molecule has 3 heteroatoms. The highest BCUT2D eigenvalue weighted by Gasteiger charge is 1.96. The molecule has 19 heavy (non-hydrogen) atoms. The number of anilines is 2. The molecule has 2 aromatic carbocycles. The van der Waals surface area contributed by atoms with E-state index in [4.69, 9.17) is 4.74 Å². The smallest absolute Gasteiger partial charge is 0.119 e. The van der Waals surface area contributed by atoms with Gasteiger partial charge < -0.3 is 15.4 Å². The van der Waals surface area contributed by atoms with E-state index in [0.29, 0.717) is 6.61 Å². The highest BCUT2D eigenvalue weighted by molar-refractivity contribution is 5.48. The van der Waals surface area contributed by atoms with Gasteiger partial charge in [0, 0.05) is 25.0 Å². The second-order valence-electron chi connectivity index (χ2n) is 4.26. The van der Waals surface area contributed by atoms with Crippen LogP contribution in [-0.2, 0) is 6.54 Å². The molecule has 3 nitrogen and oxygen atoms in total. The Balaban J connectivity index is 1.90. The molecule has 0 radical (unpaired) electrons. The topological polar surface area (TPSA) is 33.3 Å². The summed E-state index contributed by atoms with van der Waals surface area (Å²) in [5, 5.41) is 6.50. The summed E-state index contributed by atoms with van der Waals surface area (Å²) >= 11 is 0. The Bertz CT molecular complexity index is 491. The molecule has 0 heterocycles. The van der Waals surface area contributed by atoms with Crippen molar-refractivity contribution >= 4 is 11.4 Å². The standard InChI is InChI=1S/C16H20N2O/c1-3-19-16-10-8-15(9-11-16)18-12-13-4-6-14(17-2)7-5-13/h4-11,17-18H,3,12H2,1-2H3. The summed E-state index contributed by atoms with van der Waals surface area (Å²) in [6.45, 7) is 3.50. The number of ether oxygens (including phenoxy) is 1. The number of rotatable bonds is 6. The summed E-state index contributed by atoms with van der Waals surface area (Å²) in [5.74, 6) is 0.909. The number of nitrogens with one attached hydrogen (secondary N) is 2. The van der Waals surface area contributed by atoms with Gasteiger partial charge in [-0.2, -0.15) is 0 Å². The molecule has 0 spiro atoms. The van der Waals surface area contributed by atoms with Gasteiger partial charge in [0.1, 0.15) is 5.75 Å². The average Bonchev–Trinajstić information content (AvgIpc) is 2.47. The van der Waals surface area contributed by atoms with E-state index < -0.39 is 0 Å². The molecule has 0 saturated heterocycles. The van der Waals surface area contributed by atoms with E-state index in [1.165, 1.54) is 5.56 Å². The summed E-state index contributed by atoms with van der Waals surface area (Å²) in [6, 6.07) is 16.4. The average molecular weight is 256 g/mol. The number of hydrogen-bond acceptors (Lipinski definition) is 3. The Morgan fingerprint density at radius 1 is 0.895 bits per heavy atom. The normalized spacial score (nSPS) is 10.0. The summed E-state index contributed by atoms with van der Waals surface area (Å²) in [6.07, 6.45) is 0. The maximum absolute atomic E-state index is 5.41. The highest BCUT2D eigenvalue weighted by Crippen LogP contribution is 2.17. The molecule has 100 valence electrons. The van der Waals surface area contributed by atoms with Crippen molar-refractivity contribution in [1.82, 2.24) is 0 Å². The van der Waals surface area contributed by atoms with Gasteiger partial charge in [-0.25, -0.2) is 0 Å². The van der Waals surface area contributed by atoms with Crippen molar-refractivity contribution in [2.24, 2.45) is 0 Å². The minimum Gasteiger partial charge on any atom is -0.494 e. The largest absolute Gasteiger partial charge is 0.494 e. The van der Waals surface area contributed by atoms with Crippen LogP contribution in [0.1, 0.15) is 12.5 Å². The zero-order valence-corrected chi connectivity index (χ0v) is 11.4. The first-order valence-electron chi connectivity index (χ1n) is 6.55. The summed E-state index contributed by atoms with van der Waals surface area (Å²) < 4.78 is 5.41. The van der Waals surface area contributed by atoms with Crippen LogP contribution in [0.3, 0.4) is 0 Å². The predicted octanol–water partition coefficient (Wildman–Crippen LogP) is 3.74. The van der Waals surface area contributed by atoms with Gasteiger partial charge in [0.2, 0.25) is 0 Å². The van der Waals surface area contributed by atoms with Gasteiger partial charge in [-0.1, -0.05) is 12.1 Å². The molecule has 0 aromatic heterocycles. The van der Waals surface area contributed by atoms with Crippen LogP contribution < -0.4 is 15.4 Å². The molecule has 0 atom stereocenters. The van der Waals surface area contributed by atoms with Crippen molar-refractivity contribution < 1.29 is 4.74 Å². The van der Waals surface area contributed by atoms with Crippen LogP contribution in [0.25, 0.3) is 0 Å². The van der Waals surface area contributed by atoms with E-state index in [-0.39, 0.29) is 0 Å². The van der Waals surface area contributed by atoms with Gasteiger partial charge >= 0.3 is 0 Å². The van der Waals surface area contributed by atoms with Crippen molar-refractivity contribution in [3.8, 4) is 5.75 Å². The fourth-order valence-electron chi connectivity index (χ4n) is 1.83. The first-order chi connectivity index (χ1) is 9.31. The fourth-order valence-corrected chi connectivity index (χ4v) is 1.83. The zero-order valence-electron chi connectivity index (χ0n) is 11.4. The Morgan fingerprint density at radius 2 is 1.53 bits per heavy atom. The van der Waals surface area contributed by atoms with Gasteiger partial charge in [-0.15, -0.1) is 0 Å². The third kappa shape index (κ3) is 3.91. The lowest BCUT2D eigenvalue weighted by atomic mass is 10.2. The minimum atomic E-state index is 0.699. The van der Waals surface area contributed by atoms with E-state index in [0.717, 1.165) is 23.7 Å². The third-order valence-electron chi connectivity index (χ3n) is 2.90. The van der Waals surface area contributed by atoms with Crippen LogP contribution in [0.5, 0.6) is 5.75 Å². The molecule has 0 aliphatic carbocycles. The van der Waals surface area contributed by atoms with Gasteiger partial charge in [0.05, 0.1) is 6.61 Å². The first-order valence-corrected chi connectivity index (χ1v) is 6.55. The van der Waals surface area contributed by atoms with E-state index in [2.05, 4.69) is 34.9 Å². The van der Waals surface area contributed by atoms with E-state index in [9.17, 15) is 0 Å². The van der Waals surface area contributed by atoms with Crippen molar-refractivity contribution in [2.75, 3.05) is 24.3 Å². The van der Waals surface area contributed by atoms with E-state index >= 15 is 0 Å². The van der Waals surface area contributed by atoms with Crippen LogP contribution in [0, 0.1) is 0 Å². The molecule has 2 N–H and O–H groups in total. The Hall–Kier alpha value is -2.16. The highest BCUT2D eigenvalue weighted by atomic mass is 16.5. The van der Waals surface area contributed by atoms with E-state index in [1.807, 2.05) is 38.2 Å². The summed E-state index contributed by atoms with van der Waals surface area (Å²) in [5.41, 5.74) is 3.49. The predicted molar refractivity (Wildman–Crippen MR) is 80.9 cm³/mol. The first kappa shape index (κ1) is 13.3. The van der Waals surface area contributed by atoms with Gasteiger partial charge in [-0.05, 0) is 48.9 Å². The maximum atomic E-state index is 5.41. The maximum Gasteiger partial charge on any atom is 0.119 e. The van der Waals surface area contributed by atoms with Crippen LogP contribution in [0.15, 0.2) is 48.5 Å². The molecule has 0 aliphatic rings. The molecule has 0 aliphatic heterocycles. The van der Waals surface area contributed by atoms with Gasteiger partial charge in [0.25, 0.3) is 0 Å². The minimum absolute atomic E-state index is 0.699. The molecule has 2 aromatic rings. The molecule has 2 rings (SSSR count). The SMILES string of the molecule is CCOc1ccc(NCc2ccc(NC)cc2)cc1. The lowest BCUT2D eigenvalue weighted by molar-refractivity contribution is 0.340. The molecule has 0 unspecified atom stereocenters. The van der Waals surface area contributed by atoms with Crippen molar-refractivity contribution in [2.45, 2.75) is 13.5 Å². The molecule has 0 amide bonds. The summed E-state index contributed by atoms with van der Waals surface area (Å²) in [4.78, 5) is 0. The Kier molecular flexibility index (Phi) is 4.67. The summed E-state index contributed by atoms with van der Waals surface area (Å²) in [7, 11) is 1.92. The monoisotopic (exact) mass is 256 g/mol. The number of benzene rings is 2. The molecular formula is C16H20N2O. The van der Waals surface area contributed by atoms with E-state index in [1.54, 1.807) is 0 Å². The van der Waals surface area contributed by atoms with Crippen LogP contribution in [0.4, 0.5) is 11.4 Å². The lowest BCUT2D eigenvalue weighted by Crippen LogP contribution is -1.99. The quantitative estimate of drug-likeness (QED) is 0.826. The second kappa shape index (κ2) is 6.69. The molecule has 0 fully saturated rings. The van der Waals surface area contributed by atoms with Crippen LogP contribution in [0.2, 0.25) is 0 Å². The molecule has 0 saturated carbocycles.